The summed E-state index contributed by atoms with van der Waals surface area (Å²) in [6, 6.07) is 2.01. The van der Waals surface area contributed by atoms with Crippen LogP contribution in [0.5, 0.6) is 0 Å². The quantitative estimate of drug-likeness (QED) is 0.918. The molecule has 2 aromatic rings. The number of furan rings is 1. The van der Waals surface area contributed by atoms with Crippen molar-refractivity contribution in [2.45, 2.75) is 45.7 Å². The highest BCUT2D eigenvalue weighted by Crippen LogP contribution is 2.26. The molecule has 0 unspecified atom stereocenters. The van der Waals surface area contributed by atoms with Crippen LogP contribution in [0.1, 0.15) is 41.6 Å². The number of fused-ring (bicyclic) bond motifs is 1. The second-order valence-electron chi connectivity index (χ2n) is 5.43. The summed E-state index contributed by atoms with van der Waals surface area (Å²) in [7, 11) is 0. The van der Waals surface area contributed by atoms with Gasteiger partial charge in [0.15, 0.2) is 0 Å². The van der Waals surface area contributed by atoms with Crippen LogP contribution in [0.25, 0.3) is 0 Å². The zero-order valence-corrected chi connectivity index (χ0v) is 11.6. The molecule has 19 heavy (non-hydrogen) atoms. The molecular formula is C15H21N3O. The van der Waals surface area contributed by atoms with Gasteiger partial charge in [-0.25, -0.2) is 4.98 Å². The van der Waals surface area contributed by atoms with E-state index in [0.29, 0.717) is 5.92 Å². The normalized spacial score (nSPS) is 18.5. The van der Waals surface area contributed by atoms with E-state index in [9.17, 15) is 0 Å². The summed E-state index contributed by atoms with van der Waals surface area (Å²) < 4.78 is 7.75. The summed E-state index contributed by atoms with van der Waals surface area (Å²) in [5.41, 5.74) is 2.34. The van der Waals surface area contributed by atoms with Gasteiger partial charge in [0.05, 0.1) is 18.5 Å². The summed E-state index contributed by atoms with van der Waals surface area (Å²) in [4.78, 5) is 4.67. The van der Waals surface area contributed by atoms with Gasteiger partial charge in [0.2, 0.25) is 0 Å². The Morgan fingerprint density at radius 3 is 3.16 bits per heavy atom. The highest BCUT2D eigenvalue weighted by molar-refractivity contribution is 5.14. The standard InChI is InChI=1S/C15H21N3O/c1-11-5-7-19-14(11)9-16-8-13-4-3-6-18-10-12(2)17-15(13)18/h5,7,10,13,16H,3-4,6,8-9H2,1-2H3/t13-/m0/s1. The predicted molar refractivity (Wildman–Crippen MR) is 74.1 cm³/mol. The lowest BCUT2D eigenvalue weighted by Crippen LogP contribution is -2.26. The summed E-state index contributed by atoms with van der Waals surface area (Å²) in [6.45, 7) is 7.04. The molecule has 3 rings (SSSR count). The number of hydrogen-bond donors (Lipinski definition) is 1. The van der Waals surface area contributed by atoms with Crippen LogP contribution in [0.3, 0.4) is 0 Å². The Morgan fingerprint density at radius 1 is 1.47 bits per heavy atom. The first-order valence-electron chi connectivity index (χ1n) is 7.01. The average molecular weight is 259 g/mol. The zero-order chi connectivity index (χ0) is 13.2. The Morgan fingerprint density at radius 2 is 2.37 bits per heavy atom. The van der Waals surface area contributed by atoms with Gasteiger partial charge >= 0.3 is 0 Å². The zero-order valence-electron chi connectivity index (χ0n) is 11.6. The maximum Gasteiger partial charge on any atom is 0.120 e. The first-order chi connectivity index (χ1) is 9.24. The fraction of sp³-hybridized carbons (Fsp3) is 0.533. The molecule has 1 aliphatic heterocycles. The minimum Gasteiger partial charge on any atom is -0.468 e. The van der Waals surface area contributed by atoms with Crippen LogP contribution in [-0.4, -0.2) is 16.1 Å². The Kier molecular flexibility index (Phi) is 3.42. The van der Waals surface area contributed by atoms with Crippen molar-refractivity contribution >= 4 is 0 Å². The first kappa shape index (κ1) is 12.5. The maximum atomic E-state index is 5.44. The Hall–Kier alpha value is -1.55. The largest absolute Gasteiger partial charge is 0.468 e. The van der Waals surface area contributed by atoms with Crippen LogP contribution in [0.4, 0.5) is 0 Å². The van der Waals surface area contributed by atoms with E-state index in [2.05, 4.69) is 34.9 Å². The van der Waals surface area contributed by atoms with E-state index in [0.717, 1.165) is 31.1 Å². The van der Waals surface area contributed by atoms with Crippen molar-refractivity contribution in [2.75, 3.05) is 6.54 Å². The van der Waals surface area contributed by atoms with Crippen molar-refractivity contribution in [1.29, 1.82) is 0 Å². The molecule has 0 spiro atoms. The molecule has 1 N–H and O–H groups in total. The van der Waals surface area contributed by atoms with Gasteiger partial charge in [-0.15, -0.1) is 0 Å². The van der Waals surface area contributed by atoms with Crippen LogP contribution in [0, 0.1) is 13.8 Å². The van der Waals surface area contributed by atoms with Crippen LogP contribution in [-0.2, 0) is 13.1 Å². The van der Waals surface area contributed by atoms with E-state index in [4.69, 9.17) is 4.42 Å². The second-order valence-corrected chi connectivity index (χ2v) is 5.43. The summed E-state index contributed by atoms with van der Waals surface area (Å²) in [5, 5.41) is 3.50. The van der Waals surface area contributed by atoms with Crippen LogP contribution >= 0.6 is 0 Å². The van der Waals surface area contributed by atoms with Crippen molar-refractivity contribution in [1.82, 2.24) is 14.9 Å². The highest BCUT2D eigenvalue weighted by atomic mass is 16.3. The molecule has 102 valence electrons. The van der Waals surface area contributed by atoms with Crippen LogP contribution in [0.15, 0.2) is 22.9 Å². The topological polar surface area (TPSA) is 43.0 Å². The van der Waals surface area contributed by atoms with Gasteiger partial charge in [0, 0.05) is 25.2 Å². The number of nitrogens with zero attached hydrogens (tertiary/aromatic N) is 2. The third-order valence-corrected chi connectivity index (χ3v) is 3.89. The molecule has 4 nitrogen and oxygen atoms in total. The first-order valence-corrected chi connectivity index (χ1v) is 7.01. The number of imidazole rings is 1. The van der Waals surface area contributed by atoms with Crippen molar-refractivity contribution in [3.05, 3.63) is 41.4 Å². The predicted octanol–water partition coefficient (Wildman–Crippen LogP) is 2.76. The molecular weight excluding hydrogens is 238 g/mol. The van der Waals surface area contributed by atoms with E-state index in [1.165, 1.54) is 24.2 Å². The molecule has 0 saturated heterocycles. The van der Waals surface area contributed by atoms with Gasteiger partial charge in [-0.2, -0.15) is 0 Å². The van der Waals surface area contributed by atoms with Gasteiger partial charge in [-0.1, -0.05) is 0 Å². The Bertz CT molecular complexity index is 555. The molecule has 0 aromatic carbocycles. The number of aryl methyl sites for hydroxylation is 3. The molecule has 0 aliphatic carbocycles. The number of rotatable bonds is 4. The van der Waals surface area contributed by atoms with Crippen molar-refractivity contribution < 1.29 is 4.42 Å². The minimum atomic E-state index is 0.526. The van der Waals surface area contributed by atoms with E-state index in [1.54, 1.807) is 6.26 Å². The summed E-state index contributed by atoms with van der Waals surface area (Å²) in [5.74, 6) is 2.81. The van der Waals surface area contributed by atoms with Gasteiger partial charge in [0.1, 0.15) is 11.6 Å². The highest BCUT2D eigenvalue weighted by Gasteiger charge is 2.22. The monoisotopic (exact) mass is 259 g/mol. The van der Waals surface area contributed by atoms with Crippen LogP contribution in [0.2, 0.25) is 0 Å². The molecule has 0 amide bonds. The molecule has 1 atom stereocenters. The molecule has 0 fully saturated rings. The number of aromatic nitrogens is 2. The van der Waals surface area contributed by atoms with E-state index < -0.39 is 0 Å². The van der Waals surface area contributed by atoms with E-state index in [-0.39, 0.29) is 0 Å². The van der Waals surface area contributed by atoms with Crippen molar-refractivity contribution in [2.24, 2.45) is 0 Å². The SMILES string of the molecule is Cc1cn2c(n1)[C@H](CNCc1occc1C)CCC2. The Balaban J connectivity index is 1.60. The van der Waals surface area contributed by atoms with Crippen molar-refractivity contribution in [3.63, 3.8) is 0 Å². The summed E-state index contributed by atoms with van der Waals surface area (Å²) in [6.07, 6.45) is 6.39. The molecule has 0 saturated carbocycles. The van der Waals surface area contributed by atoms with E-state index >= 15 is 0 Å². The number of hydrogen-bond acceptors (Lipinski definition) is 3. The maximum absolute atomic E-state index is 5.44. The molecule has 4 heteroatoms. The summed E-state index contributed by atoms with van der Waals surface area (Å²) >= 11 is 0. The lowest BCUT2D eigenvalue weighted by Gasteiger charge is -2.23. The van der Waals surface area contributed by atoms with Gasteiger partial charge in [-0.3, -0.25) is 0 Å². The third-order valence-electron chi connectivity index (χ3n) is 3.89. The fourth-order valence-electron chi connectivity index (χ4n) is 2.85. The van der Waals surface area contributed by atoms with Gasteiger partial charge in [-0.05, 0) is 38.3 Å². The van der Waals surface area contributed by atoms with E-state index in [1.807, 2.05) is 6.07 Å². The molecule has 1 aliphatic rings. The Labute approximate surface area is 113 Å². The third kappa shape index (κ3) is 2.59. The van der Waals surface area contributed by atoms with Gasteiger partial charge in [0.25, 0.3) is 0 Å². The molecule has 0 radical (unpaired) electrons. The smallest absolute Gasteiger partial charge is 0.120 e. The second kappa shape index (κ2) is 5.21. The average Bonchev–Trinajstić information content (AvgIpc) is 2.95. The number of nitrogens with one attached hydrogen (secondary N) is 1. The molecule has 2 aromatic heterocycles. The molecule has 3 heterocycles. The van der Waals surface area contributed by atoms with Crippen molar-refractivity contribution in [3.8, 4) is 0 Å². The fourth-order valence-corrected chi connectivity index (χ4v) is 2.85. The van der Waals surface area contributed by atoms with Crippen LogP contribution < -0.4 is 5.32 Å². The lowest BCUT2D eigenvalue weighted by atomic mass is 9.99. The minimum absolute atomic E-state index is 0.526. The lowest BCUT2D eigenvalue weighted by molar-refractivity contribution is 0.409. The molecule has 0 bridgehead atoms. The van der Waals surface area contributed by atoms with Gasteiger partial charge < -0.3 is 14.3 Å².